The first-order valence-corrected chi connectivity index (χ1v) is 4.61. The van der Waals surface area contributed by atoms with Crippen LogP contribution in [0, 0.1) is 0 Å². The van der Waals surface area contributed by atoms with Gasteiger partial charge < -0.3 is 10.1 Å². The summed E-state index contributed by atoms with van der Waals surface area (Å²) in [6.07, 6.45) is 1.92. The monoisotopic (exact) mass is 173 g/mol. The van der Waals surface area contributed by atoms with Crippen molar-refractivity contribution in [2.45, 2.75) is 45.8 Å². The molecule has 1 heterocycles. The van der Waals surface area contributed by atoms with Crippen molar-refractivity contribution in [1.82, 2.24) is 5.32 Å². The number of rotatable bonds is 1. The number of amides is 1. The van der Waals surface area contributed by atoms with Crippen LogP contribution in [0.4, 0.5) is 0 Å². The van der Waals surface area contributed by atoms with Gasteiger partial charge >= 0.3 is 0 Å². The fourth-order valence-corrected chi connectivity index (χ4v) is 1.16. The third kappa shape index (κ3) is 3.22. The van der Waals surface area contributed by atoms with Gasteiger partial charge in [0.05, 0.1) is 6.10 Å². The Hall–Kier alpha value is -0.570. The highest BCUT2D eigenvalue weighted by Crippen LogP contribution is 2.18. The molecular formula is C9H19NO2. The third-order valence-electron chi connectivity index (χ3n) is 1.77. The number of nitrogens with one attached hydrogen (secondary N) is 1. The summed E-state index contributed by atoms with van der Waals surface area (Å²) < 4.78 is 5.30. The number of likely N-dealkylation sites (N-methyl/N-ethyl adjacent to an activating group) is 1. The maximum Gasteiger partial charge on any atom is 0.248 e. The first kappa shape index (κ1) is 11.4. The topological polar surface area (TPSA) is 38.3 Å². The lowest BCUT2D eigenvalue weighted by Crippen LogP contribution is -2.31. The van der Waals surface area contributed by atoms with Crippen LogP contribution < -0.4 is 5.32 Å². The van der Waals surface area contributed by atoms with Gasteiger partial charge in [-0.05, 0) is 19.8 Å². The molecule has 1 N–H and O–H groups in total. The van der Waals surface area contributed by atoms with Gasteiger partial charge in [-0.3, -0.25) is 4.79 Å². The molecule has 72 valence electrons. The molecule has 1 aliphatic rings. The quantitative estimate of drug-likeness (QED) is 0.649. The highest BCUT2D eigenvalue weighted by atomic mass is 16.5. The molecule has 3 nitrogen and oxygen atoms in total. The molecule has 1 saturated heterocycles. The van der Waals surface area contributed by atoms with Gasteiger partial charge in [0.2, 0.25) is 5.91 Å². The van der Waals surface area contributed by atoms with Crippen molar-refractivity contribution in [3.05, 3.63) is 0 Å². The Bertz CT molecular complexity index is 136. The largest absolute Gasteiger partial charge is 0.365 e. The van der Waals surface area contributed by atoms with Crippen LogP contribution in [0.25, 0.3) is 0 Å². The first-order valence-electron chi connectivity index (χ1n) is 4.61. The standard InChI is InChI=1S/C7H13NO2.C2H6/c1-5-3-4-6(10-5)7(9)8-2;1-2/h5-6H,3-4H2,1-2H3,(H,8,9);1-2H3/t5-,6-;/m0./s1. The van der Waals surface area contributed by atoms with Gasteiger partial charge in [0.25, 0.3) is 0 Å². The lowest BCUT2D eigenvalue weighted by molar-refractivity contribution is -0.131. The number of carbonyl (C=O) groups is 1. The zero-order chi connectivity index (χ0) is 9.56. The van der Waals surface area contributed by atoms with Crippen molar-refractivity contribution >= 4 is 5.91 Å². The lowest BCUT2D eigenvalue weighted by atomic mass is 10.2. The Morgan fingerprint density at radius 2 is 2.00 bits per heavy atom. The van der Waals surface area contributed by atoms with Crippen LogP contribution in [0.15, 0.2) is 0 Å². The van der Waals surface area contributed by atoms with E-state index in [1.807, 2.05) is 20.8 Å². The van der Waals surface area contributed by atoms with E-state index in [-0.39, 0.29) is 18.1 Å². The SMILES string of the molecule is CC.CNC(=O)[C@@H]1CC[C@H](C)O1. The highest BCUT2D eigenvalue weighted by Gasteiger charge is 2.26. The predicted octanol–water partition coefficient (Wildman–Crippen LogP) is 1.33. The molecule has 1 amide bonds. The van der Waals surface area contributed by atoms with Crippen LogP contribution in [0.5, 0.6) is 0 Å². The third-order valence-corrected chi connectivity index (χ3v) is 1.77. The van der Waals surface area contributed by atoms with Crippen LogP contribution in [0.1, 0.15) is 33.6 Å². The van der Waals surface area contributed by atoms with Gasteiger partial charge in [-0.25, -0.2) is 0 Å². The van der Waals surface area contributed by atoms with E-state index in [1.54, 1.807) is 7.05 Å². The summed E-state index contributed by atoms with van der Waals surface area (Å²) in [6.45, 7) is 5.99. The highest BCUT2D eigenvalue weighted by molar-refractivity contribution is 5.80. The summed E-state index contributed by atoms with van der Waals surface area (Å²) in [4.78, 5) is 10.9. The molecule has 1 aliphatic heterocycles. The number of hydrogen-bond donors (Lipinski definition) is 1. The van der Waals surface area contributed by atoms with Crippen LogP contribution >= 0.6 is 0 Å². The van der Waals surface area contributed by atoms with Crippen LogP contribution in [-0.4, -0.2) is 25.2 Å². The van der Waals surface area contributed by atoms with E-state index in [0.717, 1.165) is 12.8 Å². The molecule has 0 spiro atoms. The fourth-order valence-electron chi connectivity index (χ4n) is 1.16. The van der Waals surface area contributed by atoms with Crippen molar-refractivity contribution in [3.8, 4) is 0 Å². The van der Waals surface area contributed by atoms with Crippen molar-refractivity contribution in [2.24, 2.45) is 0 Å². The molecule has 0 saturated carbocycles. The van der Waals surface area contributed by atoms with E-state index >= 15 is 0 Å². The maximum atomic E-state index is 10.9. The molecule has 3 heteroatoms. The van der Waals surface area contributed by atoms with E-state index in [9.17, 15) is 4.79 Å². The Morgan fingerprint density at radius 3 is 2.33 bits per heavy atom. The van der Waals surface area contributed by atoms with E-state index < -0.39 is 0 Å². The Kier molecular flexibility index (Phi) is 5.72. The second-order valence-electron chi connectivity index (χ2n) is 2.63. The molecule has 0 aromatic heterocycles. The van der Waals surface area contributed by atoms with E-state index in [0.29, 0.717) is 0 Å². The van der Waals surface area contributed by atoms with Crippen LogP contribution in [0.3, 0.4) is 0 Å². The summed E-state index contributed by atoms with van der Waals surface area (Å²) in [6, 6.07) is 0. The maximum absolute atomic E-state index is 10.9. The van der Waals surface area contributed by atoms with Gasteiger partial charge in [0, 0.05) is 7.05 Å². The summed E-state index contributed by atoms with van der Waals surface area (Å²) in [7, 11) is 1.63. The average Bonchev–Trinajstić information content (AvgIpc) is 2.54. The summed E-state index contributed by atoms with van der Waals surface area (Å²) >= 11 is 0. The van der Waals surface area contributed by atoms with Gasteiger partial charge in [-0.15, -0.1) is 0 Å². The molecular weight excluding hydrogens is 154 g/mol. The Balaban J connectivity index is 0.000000561. The molecule has 0 radical (unpaired) electrons. The normalized spacial score (nSPS) is 27.3. The van der Waals surface area contributed by atoms with Crippen molar-refractivity contribution < 1.29 is 9.53 Å². The van der Waals surface area contributed by atoms with Gasteiger partial charge in [-0.1, -0.05) is 13.8 Å². The molecule has 0 bridgehead atoms. The molecule has 0 unspecified atom stereocenters. The number of carbonyl (C=O) groups excluding carboxylic acids is 1. The van der Waals surface area contributed by atoms with E-state index in [1.165, 1.54) is 0 Å². The number of ether oxygens (including phenoxy) is 1. The van der Waals surface area contributed by atoms with Gasteiger partial charge in [0.15, 0.2) is 0 Å². The predicted molar refractivity (Wildman–Crippen MR) is 49.0 cm³/mol. The minimum atomic E-state index is -0.194. The van der Waals surface area contributed by atoms with E-state index in [4.69, 9.17) is 4.74 Å². The minimum absolute atomic E-state index is 0.00403. The molecule has 0 aromatic carbocycles. The zero-order valence-corrected chi connectivity index (χ0v) is 8.39. The van der Waals surface area contributed by atoms with Gasteiger partial charge in [0.1, 0.15) is 6.10 Å². The average molecular weight is 173 g/mol. The zero-order valence-electron chi connectivity index (χ0n) is 8.39. The molecule has 1 rings (SSSR count). The second-order valence-corrected chi connectivity index (χ2v) is 2.63. The van der Waals surface area contributed by atoms with Gasteiger partial charge in [-0.2, -0.15) is 0 Å². The summed E-state index contributed by atoms with van der Waals surface area (Å²) in [5.74, 6) is 0.00403. The van der Waals surface area contributed by atoms with Crippen LogP contribution in [0.2, 0.25) is 0 Å². The molecule has 1 fully saturated rings. The molecule has 0 aliphatic carbocycles. The Morgan fingerprint density at radius 1 is 1.42 bits per heavy atom. The van der Waals surface area contributed by atoms with E-state index in [2.05, 4.69) is 5.32 Å². The lowest BCUT2D eigenvalue weighted by Gasteiger charge is -2.07. The molecule has 2 atom stereocenters. The Labute approximate surface area is 74.5 Å². The van der Waals surface area contributed by atoms with Crippen molar-refractivity contribution in [3.63, 3.8) is 0 Å². The van der Waals surface area contributed by atoms with Crippen LogP contribution in [-0.2, 0) is 9.53 Å². The molecule has 12 heavy (non-hydrogen) atoms. The minimum Gasteiger partial charge on any atom is -0.365 e. The second kappa shape index (κ2) is 6.00. The number of hydrogen-bond acceptors (Lipinski definition) is 2. The fraction of sp³-hybridized carbons (Fsp3) is 0.889. The van der Waals surface area contributed by atoms with Crippen molar-refractivity contribution in [1.29, 1.82) is 0 Å². The smallest absolute Gasteiger partial charge is 0.248 e. The van der Waals surface area contributed by atoms with Crippen molar-refractivity contribution in [2.75, 3.05) is 7.05 Å². The summed E-state index contributed by atoms with van der Waals surface area (Å²) in [5, 5.41) is 2.56. The molecule has 0 aromatic rings. The first-order chi connectivity index (χ1) is 5.74. The summed E-state index contributed by atoms with van der Waals surface area (Å²) in [5.41, 5.74) is 0.